The van der Waals surface area contributed by atoms with Crippen molar-refractivity contribution in [1.29, 1.82) is 0 Å². The van der Waals surface area contributed by atoms with Gasteiger partial charge < -0.3 is 5.32 Å². The maximum Gasteiger partial charge on any atom is 0.284 e. The number of nitrogens with zero attached hydrogens (tertiary/aromatic N) is 2. The van der Waals surface area contributed by atoms with Crippen LogP contribution in [-0.2, 0) is 13.0 Å². The Bertz CT molecular complexity index is 729. The van der Waals surface area contributed by atoms with Gasteiger partial charge in [-0.15, -0.1) is 17.8 Å². The lowest BCUT2D eigenvalue weighted by atomic mass is 10.2. The quantitative estimate of drug-likeness (QED) is 0.828. The number of hydrogen-bond acceptors (Lipinski definition) is 4. The average Bonchev–Trinajstić information content (AvgIpc) is 2.84. The summed E-state index contributed by atoms with van der Waals surface area (Å²) in [5.41, 5.74) is 0.464. The molecule has 1 N–H and O–H groups in total. The Morgan fingerprint density at radius 3 is 2.95 bits per heavy atom. The van der Waals surface area contributed by atoms with E-state index in [4.69, 9.17) is 6.42 Å². The maximum atomic E-state index is 12.0. The normalized spacial score (nSPS) is 11.9. The Morgan fingerprint density at radius 1 is 1.57 bits per heavy atom. The second-order valence-corrected chi connectivity index (χ2v) is 6.97. The predicted molar refractivity (Wildman–Crippen MR) is 90.9 cm³/mol. The number of hydrogen-bond donors (Lipinski definition) is 1. The summed E-state index contributed by atoms with van der Waals surface area (Å²) in [5, 5.41) is 7.38. The van der Waals surface area contributed by atoms with E-state index in [1.54, 1.807) is 17.5 Å². The van der Waals surface area contributed by atoms with Crippen LogP contribution in [0.1, 0.15) is 16.7 Å². The summed E-state index contributed by atoms with van der Waals surface area (Å²) in [6, 6.07) is 4.45. The molecule has 0 aliphatic rings. The van der Waals surface area contributed by atoms with Crippen molar-refractivity contribution >= 4 is 33.0 Å². The van der Waals surface area contributed by atoms with Crippen LogP contribution in [0.25, 0.3) is 0 Å². The smallest absolute Gasteiger partial charge is 0.284 e. The molecule has 2 aromatic heterocycles. The van der Waals surface area contributed by atoms with E-state index in [-0.39, 0.29) is 18.1 Å². The highest BCUT2D eigenvalue weighted by atomic mass is 79.9. The largest absolute Gasteiger partial charge is 0.380 e. The molecule has 2 aromatic rings. The lowest BCUT2D eigenvalue weighted by Crippen LogP contribution is -2.26. The second-order valence-electron chi connectivity index (χ2n) is 4.80. The Labute approximate surface area is 136 Å². The number of aromatic nitrogens is 2. The van der Waals surface area contributed by atoms with Gasteiger partial charge in [0.2, 0.25) is 0 Å². The Hall–Kier alpha value is -1.58. The molecule has 21 heavy (non-hydrogen) atoms. The van der Waals surface area contributed by atoms with Gasteiger partial charge in [0, 0.05) is 22.2 Å². The molecule has 0 aliphatic heterocycles. The van der Waals surface area contributed by atoms with E-state index < -0.39 is 0 Å². The third-order valence-corrected chi connectivity index (χ3v) is 4.72. The zero-order valence-corrected chi connectivity index (χ0v) is 14.3. The molecule has 0 radical (unpaired) electrons. The molecule has 0 amide bonds. The molecule has 2 heterocycles. The van der Waals surface area contributed by atoms with Gasteiger partial charge in [0.1, 0.15) is 11.0 Å². The molecule has 0 aromatic carbocycles. The Morgan fingerprint density at radius 2 is 2.33 bits per heavy atom. The van der Waals surface area contributed by atoms with Crippen LogP contribution in [-0.4, -0.2) is 15.8 Å². The Kier molecular flexibility index (Phi) is 5.21. The van der Waals surface area contributed by atoms with E-state index in [1.807, 2.05) is 0 Å². The van der Waals surface area contributed by atoms with E-state index in [0.29, 0.717) is 10.2 Å². The number of halogens is 1. The lowest BCUT2D eigenvalue weighted by Gasteiger charge is -2.15. The molecule has 4 nitrogen and oxygen atoms in total. The van der Waals surface area contributed by atoms with Crippen molar-refractivity contribution < 1.29 is 0 Å². The minimum absolute atomic E-state index is 0.168. The Balaban J connectivity index is 2.11. The van der Waals surface area contributed by atoms with Gasteiger partial charge >= 0.3 is 0 Å². The molecule has 6 heteroatoms. The summed E-state index contributed by atoms with van der Waals surface area (Å²) in [4.78, 5) is 14.7. The number of anilines is 1. The standard InChI is InChI=1S/C15H16BrN3OS/c1-4-7-19-15(20)14(16)13(9-17-19)18-10(2)8-12-6-5-11(3)21-12/h1,5-6,9-10,18H,7-8H2,2-3H3. The third-order valence-electron chi connectivity index (χ3n) is 2.93. The SMILES string of the molecule is C#CCn1ncc(NC(C)Cc2ccc(C)s2)c(Br)c1=O. The molecule has 2 rings (SSSR count). The number of aryl methyl sites for hydroxylation is 1. The van der Waals surface area contributed by atoms with Crippen molar-refractivity contribution in [1.82, 2.24) is 9.78 Å². The van der Waals surface area contributed by atoms with Crippen LogP contribution in [0.15, 0.2) is 27.6 Å². The van der Waals surface area contributed by atoms with Crippen LogP contribution < -0.4 is 10.9 Å². The molecular weight excluding hydrogens is 350 g/mol. The molecule has 0 spiro atoms. The van der Waals surface area contributed by atoms with E-state index >= 15 is 0 Å². The number of nitrogens with one attached hydrogen (secondary N) is 1. The molecule has 110 valence electrons. The van der Waals surface area contributed by atoms with Crippen molar-refractivity contribution in [3.8, 4) is 12.3 Å². The van der Waals surface area contributed by atoms with Crippen molar-refractivity contribution in [2.45, 2.75) is 32.9 Å². The summed E-state index contributed by atoms with van der Waals surface area (Å²) in [6.07, 6.45) is 7.73. The van der Waals surface area contributed by atoms with Crippen LogP contribution in [0.4, 0.5) is 5.69 Å². The van der Waals surface area contributed by atoms with E-state index in [1.165, 1.54) is 14.4 Å². The molecule has 1 unspecified atom stereocenters. The molecule has 0 fully saturated rings. The molecule has 0 aliphatic carbocycles. The number of rotatable bonds is 5. The zero-order valence-electron chi connectivity index (χ0n) is 11.9. The first-order chi connectivity index (χ1) is 10.0. The fourth-order valence-electron chi connectivity index (χ4n) is 1.98. The molecular formula is C15H16BrN3OS. The number of thiophene rings is 1. The van der Waals surface area contributed by atoms with Crippen LogP contribution in [0, 0.1) is 19.3 Å². The summed E-state index contributed by atoms with van der Waals surface area (Å²) < 4.78 is 1.71. The van der Waals surface area contributed by atoms with E-state index in [0.717, 1.165) is 6.42 Å². The topological polar surface area (TPSA) is 46.9 Å². The van der Waals surface area contributed by atoms with Crippen molar-refractivity contribution in [2.75, 3.05) is 5.32 Å². The first kappa shape index (κ1) is 15.8. The average molecular weight is 366 g/mol. The highest BCUT2D eigenvalue weighted by Crippen LogP contribution is 2.21. The van der Waals surface area contributed by atoms with Gasteiger partial charge in [-0.25, -0.2) is 4.68 Å². The minimum Gasteiger partial charge on any atom is -0.380 e. The highest BCUT2D eigenvalue weighted by molar-refractivity contribution is 9.10. The van der Waals surface area contributed by atoms with Crippen molar-refractivity contribution in [3.05, 3.63) is 42.9 Å². The van der Waals surface area contributed by atoms with Crippen molar-refractivity contribution in [3.63, 3.8) is 0 Å². The van der Waals surface area contributed by atoms with Gasteiger partial charge in [-0.2, -0.15) is 5.10 Å². The summed E-state index contributed by atoms with van der Waals surface area (Å²) in [5.74, 6) is 2.41. The van der Waals surface area contributed by atoms with Gasteiger partial charge in [-0.05, 0) is 41.9 Å². The predicted octanol–water partition coefficient (Wildman–Crippen LogP) is 3.05. The lowest BCUT2D eigenvalue weighted by molar-refractivity contribution is 0.657. The second kappa shape index (κ2) is 6.92. The summed E-state index contributed by atoms with van der Waals surface area (Å²) in [7, 11) is 0. The zero-order chi connectivity index (χ0) is 15.4. The fraction of sp³-hybridized carbons (Fsp3) is 0.333. The maximum absolute atomic E-state index is 12.0. The van der Waals surface area contributed by atoms with Crippen LogP contribution in [0.5, 0.6) is 0 Å². The van der Waals surface area contributed by atoms with Gasteiger partial charge in [-0.3, -0.25) is 4.79 Å². The molecule has 1 atom stereocenters. The van der Waals surface area contributed by atoms with E-state index in [9.17, 15) is 4.79 Å². The van der Waals surface area contributed by atoms with Crippen molar-refractivity contribution in [2.24, 2.45) is 0 Å². The van der Waals surface area contributed by atoms with Crippen LogP contribution in [0.2, 0.25) is 0 Å². The molecule has 0 saturated carbocycles. The fourth-order valence-corrected chi connectivity index (χ4v) is 3.42. The van der Waals surface area contributed by atoms with Crippen LogP contribution >= 0.6 is 27.3 Å². The summed E-state index contributed by atoms with van der Waals surface area (Å²) in [6.45, 7) is 4.34. The third kappa shape index (κ3) is 3.96. The van der Waals surface area contributed by atoms with Gasteiger partial charge in [0.05, 0.1) is 11.9 Å². The van der Waals surface area contributed by atoms with E-state index in [2.05, 4.69) is 58.2 Å². The van der Waals surface area contributed by atoms with Crippen LogP contribution in [0.3, 0.4) is 0 Å². The first-order valence-electron chi connectivity index (χ1n) is 6.52. The first-order valence-corrected chi connectivity index (χ1v) is 8.13. The van der Waals surface area contributed by atoms with Gasteiger partial charge in [0.15, 0.2) is 0 Å². The minimum atomic E-state index is -0.225. The highest BCUT2D eigenvalue weighted by Gasteiger charge is 2.11. The monoisotopic (exact) mass is 365 g/mol. The summed E-state index contributed by atoms with van der Waals surface area (Å²) >= 11 is 5.10. The van der Waals surface area contributed by atoms with Gasteiger partial charge in [0.25, 0.3) is 5.56 Å². The number of terminal acetylenes is 1. The van der Waals surface area contributed by atoms with Gasteiger partial charge in [-0.1, -0.05) is 5.92 Å². The molecule has 0 saturated heterocycles. The molecule has 0 bridgehead atoms.